The van der Waals surface area contributed by atoms with E-state index in [0.717, 1.165) is 17.0 Å². The minimum atomic E-state index is -0.660. The summed E-state index contributed by atoms with van der Waals surface area (Å²) in [6.07, 6.45) is -0.660. The van der Waals surface area contributed by atoms with Crippen LogP contribution in [0, 0.1) is 0 Å². The summed E-state index contributed by atoms with van der Waals surface area (Å²) in [5.74, 6) is 1.12. The van der Waals surface area contributed by atoms with E-state index in [2.05, 4.69) is 10.3 Å². The first-order chi connectivity index (χ1) is 13.0. The van der Waals surface area contributed by atoms with Crippen LogP contribution in [0.15, 0.2) is 53.9 Å². The van der Waals surface area contributed by atoms with E-state index in [-0.39, 0.29) is 5.91 Å². The SMILES string of the molecule is CCOc1ccc(NC(=O)C(C)Oc2cccc(-c3csc(N)n3)c2)cc1. The fourth-order valence-electron chi connectivity index (χ4n) is 2.45. The van der Waals surface area contributed by atoms with Crippen LogP contribution in [-0.2, 0) is 4.79 Å². The van der Waals surface area contributed by atoms with Gasteiger partial charge < -0.3 is 20.5 Å². The maximum absolute atomic E-state index is 12.4. The molecule has 1 heterocycles. The van der Waals surface area contributed by atoms with Gasteiger partial charge in [-0.15, -0.1) is 11.3 Å². The predicted octanol–water partition coefficient (Wildman–Crippen LogP) is 4.20. The van der Waals surface area contributed by atoms with Crippen LogP contribution in [0.2, 0.25) is 0 Å². The van der Waals surface area contributed by atoms with Gasteiger partial charge >= 0.3 is 0 Å². The number of hydrogen-bond acceptors (Lipinski definition) is 6. The largest absolute Gasteiger partial charge is 0.494 e. The second kappa shape index (κ2) is 8.55. The highest BCUT2D eigenvalue weighted by Crippen LogP contribution is 2.26. The Hall–Kier alpha value is -3.06. The second-order valence-corrected chi connectivity index (χ2v) is 6.70. The van der Waals surface area contributed by atoms with E-state index in [1.165, 1.54) is 11.3 Å². The van der Waals surface area contributed by atoms with Crippen molar-refractivity contribution < 1.29 is 14.3 Å². The topological polar surface area (TPSA) is 86.5 Å². The smallest absolute Gasteiger partial charge is 0.265 e. The molecule has 0 fully saturated rings. The molecule has 1 amide bonds. The molecule has 0 saturated carbocycles. The highest BCUT2D eigenvalue weighted by molar-refractivity contribution is 7.13. The quantitative estimate of drug-likeness (QED) is 0.639. The predicted molar refractivity (Wildman–Crippen MR) is 108 cm³/mol. The van der Waals surface area contributed by atoms with Gasteiger partial charge in [-0.25, -0.2) is 4.98 Å². The first kappa shape index (κ1) is 18.7. The zero-order valence-corrected chi connectivity index (χ0v) is 16.0. The van der Waals surface area contributed by atoms with Gasteiger partial charge in [0.1, 0.15) is 11.5 Å². The van der Waals surface area contributed by atoms with Crippen molar-refractivity contribution in [3.8, 4) is 22.8 Å². The molecule has 1 aromatic heterocycles. The minimum Gasteiger partial charge on any atom is -0.494 e. The van der Waals surface area contributed by atoms with Gasteiger partial charge in [0.25, 0.3) is 5.91 Å². The molecule has 1 atom stereocenters. The van der Waals surface area contributed by atoms with Gasteiger partial charge in [-0.05, 0) is 50.2 Å². The number of ether oxygens (including phenoxy) is 2. The lowest BCUT2D eigenvalue weighted by Gasteiger charge is -2.15. The fraction of sp³-hybridized carbons (Fsp3) is 0.200. The van der Waals surface area contributed by atoms with Gasteiger partial charge in [0.05, 0.1) is 12.3 Å². The Labute approximate surface area is 162 Å². The van der Waals surface area contributed by atoms with E-state index in [0.29, 0.717) is 23.2 Å². The maximum Gasteiger partial charge on any atom is 0.265 e. The minimum absolute atomic E-state index is 0.234. The second-order valence-electron chi connectivity index (χ2n) is 5.81. The summed E-state index contributed by atoms with van der Waals surface area (Å²) < 4.78 is 11.2. The van der Waals surface area contributed by atoms with Gasteiger partial charge in [-0.3, -0.25) is 4.79 Å². The molecule has 27 heavy (non-hydrogen) atoms. The zero-order chi connectivity index (χ0) is 19.2. The number of amides is 1. The Bertz CT molecular complexity index is 909. The monoisotopic (exact) mass is 383 g/mol. The molecule has 140 valence electrons. The zero-order valence-electron chi connectivity index (χ0n) is 15.1. The Morgan fingerprint density at radius 2 is 2.00 bits per heavy atom. The van der Waals surface area contributed by atoms with E-state index < -0.39 is 6.10 Å². The summed E-state index contributed by atoms with van der Waals surface area (Å²) >= 11 is 1.38. The number of benzene rings is 2. The molecule has 0 aliphatic carbocycles. The Morgan fingerprint density at radius 3 is 2.67 bits per heavy atom. The van der Waals surface area contributed by atoms with Crippen molar-refractivity contribution in [2.24, 2.45) is 0 Å². The normalized spacial score (nSPS) is 11.6. The van der Waals surface area contributed by atoms with E-state index in [1.807, 2.05) is 42.6 Å². The van der Waals surface area contributed by atoms with Gasteiger partial charge in [0, 0.05) is 16.6 Å². The van der Waals surface area contributed by atoms with Crippen LogP contribution in [0.1, 0.15) is 13.8 Å². The van der Waals surface area contributed by atoms with Gasteiger partial charge in [-0.2, -0.15) is 0 Å². The average Bonchev–Trinajstić information content (AvgIpc) is 3.10. The molecule has 2 aromatic carbocycles. The van der Waals surface area contributed by atoms with Crippen molar-refractivity contribution in [3.05, 3.63) is 53.9 Å². The molecule has 7 heteroatoms. The molecule has 3 aromatic rings. The van der Waals surface area contributed by atoms with Crippen LogP contribution in [0.3, 0.4) is 0 Å². The number of nitrogen functional groups attached to an aromatic ring is 1. The standard InChI is InChI=1S/C20H21N3O3S/c1-3-25-16-9-7-15(8-10-16)22-19(24)13(2)26-17-6-4-5-14(11-17)18-12-27-20(21)23-18/h4-13H,3H2,1-2H3,(H2,21,23)(H,22,24). The summed E-state index contributed by atoms with van der Waals surface area (Å²) in [7, 11) is 0. The number of hydrogen-bond donors (Lipinski definition) is 2. The van der Waals surface area contributed by atoms with Crippen molar-refractivity contribution in [3.63, 3.8) is 0 Å². The molecule has 1 unspecified atom stereocenters. The lowest BCUT2D eigenvalue weighted by atomic mass is 10.1. The molecule has 0 radical (unpaired) electrons. The van der Waals surface area contributed by atoms with Crippen molar-refractivity contribution in [1.82, 2.24) is 4.98 Å². The molecule has 3 rings (SSSR count). The van der Waals surface area contributed by atoms with Crippen molar-refractivity contribution in [1.29, 1.82) is 0 Å². The number of nitrogens with two attached hydrogens (primary N) is 1. The van der Waals surface area contributed by atoms with Crippen LogP contribution < -0.4 is 20.5 Å². The summed E-state index contributed by atoms with van der Waals surface area (Å²) in [6.45, 7) is 4.23. The van der Waals surface area contributed by atoms with E-state index in [1.54, 1.807) is 25.1 Å². The number of aromatic nitrogens is 1. The molecule has 0 aliphatic heterocycles. The van der Waals surface area contributed by atoms with Gasteiger partial charge in [-0.1, -0.05) is 12.1 Å². The Morgan fingerprint density at radius 1 is 1.22 bits per heavy atom. The highest BCUT2D eigenvalue weighted by atomic mass is 32.1. The number of nitrogens with zero attached hydrogens (tertiary/aromatic N) is 1. The highest BCUT2D eigenvalue weighted by Gasteiger charge is 2.15. The van der Waals surface area contributed by atoms with Gasteiger partial charge in [0.15, 0.2) is 11.2 Å². The third kappa shape index (κ3) is 4.98. The number of carbonyl (C=O) groups is 1. The molecule has 6 nitrogen and oxygen atoms in total. The molecule has 0 saturated heterocycles. The third-order valence-electron chi connectivity index (χ3n) is 3.77. The van der Waals surface area contributed by atoms with Crippen LogP contribution in [0.25, 0.3) is 11.3 Å². The summed E-state index contributed by atoms with van der Waals surface area (Å²) in [5, 5.41) is 5.23. The van der Waals surface area contributed by atoms with Crippen LogP contribution in [-0.4, -0.2) is 23.6 Å². The number of anilines is 2. The number of nitrogens with one attached hydrogen (secondary N) is 1. The number of carbonyl (C=O) groups excluding carboxylic acids is 1. The molecule has 0 bridgehead atoms. The van der Waals surface area contributed by atoms with Crippen molar-refractivity contribution >= 4 is 28.1 Å². The number of rotatable bonds is 7. The van der Waals surface area contributed by atoms with Crippen LogP contribution in [0.4, 0.5) is 10.8 Å². The number of thiazole rings is 1. The fourth-order valence-corrected chi connectivity index (χ4v) is 3.02. The molecule has 3 N–H and O–H groups in total. The van der Waals surface area contributed by atoms with Gasteiger partial charge in [0.2, 0.25) is 0 Å². The lowest BCUT2D eigenvalue weighted by molar-refractivity contribution is -0.122. The van der Waals surface area contributed by atoms with E-state index in [4.69, 9.17) is 15.2 Å². The van der Waals surface area contributed by atoms with E-state index in [9.17, 15) is 4.79 Å². The first-order valence-corrected chi connectivity index (χ1v) is 9.45. The first-order valence-electron chi connectivity index (χ1n) is 8.57. The Balaban J connectivity index is 1.62. The third-order valence-corrected chi connectivity index (χ3v) is 4.44. The summed E-state index contributed by atoms with van der Waals surface area (Å²) in [6, 6.07) is 14.6. The average molecular weight is 383 g/mol. The van der Waals surface area contributed by atoms with Crippen molar-refractivity contribution in [2.45, 2.75) is 20.0 Å². The lowest BCUT2D eigenvalue weighted by Crippen LogP contribution is -2.30. The Kier molecular flexibility index (Phi) is 5.93. The molecule has 0 aliphatic rings. The molecular formula is C20H21N3O3S. The summed E-state index contributed by atoms with van der Waals surface area (Å²) in [4.78, 5) is 16.7. The summed E-state index contributed by atoms with van der Waals surface area (Å²) in [5.41, 5.74) is 8.05. The molecule has 0 spiro atoms. The van der Waals surface area contributed by atoms with Crippen molar-refractivity contribution in [2.75, 3.05) is 17.7 Å². The molecular weight excluding hydrogens is 362 g/mol. The van der Waals surface area contributed by atoms with Crippen LogP contribution >= 0.6 is 11.3 Å². The maximum atomic E-state index is 12.4. The van der Waals surface area contributed by atoms with Crippen LogP contribution in [0.5, 0.6) is 11.5 Å². The van der Waals surface area contributed by atoms with E-state index >= 15 is 0 Å².